The normalized spacial score (nSPS) is 17.0. The molecule has 0 bridgehead atoms. The number of halogens is 1. The second-order valence-corrected chi connectivity index (χ2v) is 7.20. The molecule has 1 heterocycles. The van der Waals surface area contributed by atoms with Crippen LogP contribution in [0.15, 0.2) is 66.7 Å². The zero-order chi connectivity index (χ0) is 18.8. The van der Waals surface area contributed by atoms with Crippen molar-refractivity contribution in [2.24, 2.45) is 0 Å². The van der Waals surface area contributed by atoms with E-state index in [9.17, 15) is 4.39 Å². The fourth-order valence-electron chi connectivity index (χ4n) is 3.95. The molecule has 2 nitrogen and oxygen atoms in total. The Labute approximate surface area is 159 Å². The highest BCUT2D eigenvalue weighted by Gasteiger charge is 2.24. The summed E-state index contributed by atoms with van der Waals surface area (Å²) >= 11 is 0. The van der Waals surface area contributed by atoms with E-state index < -0.39 is 0 Å². The molecular weight excluding hydrogens is 335 g/mol. The highest BCUT2D eigenvalue weighted by molar-refractivity contribution is 5.66. The van der Waals surface area contributed by atoms with E-state index in [1.54, 1.807) is 12.1 Å². The highest BCUT2D eigenvalue weighted by atomic mass is 19.1. The van der Waals surface area contributed by atoms with Crippen molar-refractivity contribution in [3.8, 4) is 17.2 Å². The minimum Gasteiger partial charge on any atom is -0.302 e. The van der Waals surface area contributed by atoms with Crippen molar-refractivity contribution in [2.45, 2.75) is 18.9 Å². The lowest BCUT2D eigenvalue weighted by Crippen LogP contribution is -2.17. The smallest absolute Gasteiger partial charge is 0.127 e. The average Bonchev–Trinajstić information content (AvgIpc) is 2.86. The van der Waals surface area contributed by atoms with Gasteiger partial charge in [0, 0.05) is 12.5 Å². The molecule has 4 rings (SSSR count). The summed E-state index contributed by atoms with van der Waals surface area (Å²) in [5.41, 5.74) is 6.10. The summed E-state index contributed by atoms with van der Waals surface area (Å²) in [5, 5.41) is 8.99. The fourth-order valence-corrected chi connectivity index (χ4v) is 3.95. The number of fused-ring (bicyclic) bond motifs is 1. The third kappa shape index (κ3) is 3.49. The molecule has 0 fully saturated rings. The van der Waals surface area contributed by atoms with Crippen LogP contribution < -0.4 is 0 Å². The average molecular weight is 356 g/mol. The predicted molar refractivity (Wildman–Crippen MR) is 106 cm³/mol. The number of nitrogens with zero attached hydrogens (tertiary/aromatic N) is 2. The Morgan fingerprint density at radius 1 is 0.963 bits per heavy atom. The summed E-state index contributed by atoms with van der Waals surface area (Å²) in [6.07, 6.45) is 0.903. The molecule has 1 atom stereocenters. The first-order chi connectivity index (χ1) is 13.2. The summed E-state index contributed by atoms with van der Waals surface area (Å²) in [6.45, 7) is 1.78. The Bertz CT molecular complexity index is 1000. The molecule has 0 spiro atoms. The maximum Gasteiger partial charge on any atom is 0.127 e. The zero-order valence-corrected chi connectivity index (χ0v) is 15.3. The van der Waals surface area contributed by atoms with Crippen LogP contribution in [-0.4, -0.2) is 18.5 Å². The molecule has 1 unspecified atom stereocenters. The minimum atomic E-state index is -0.130. The SMILES string of the molecule is CN1CCC(c2ccccc2F)c2ccc(-c3ccc(C#N)cc3)cc2C1. The van der Waals surface area contributed by atoms with Gasteiger partial charge in [-0.25, -0.2) is 4.39 Å². The third-order valence-corrected chi connectivity index (χ3v) is 5.39. The molecule has 1 aliphatic heterocycles. The van der Waals surface area contributed by atoms with Crippen LogP contribution in [-0.2, 0) is 6.54 Å². The van der Waals surface area contributed by atoms with Crippen LogP contribution in [0.3, 0.4) is 0 Å². The molecule has 27 heavy (non-hydrogen) atoms. The molecule has 3 aromatic carbocycles. The van der Waals surface area contributed by atoms with E-state index in [-0.39, 0.29) is 11.7 Å². The van der Waals surface area contributed by atoms with Crippen LogP contribution in [0, 0.1) is 17.1 Å². The summed E-state index contributed by atoms with van der Waals surface area (Å²) in [4.78, 5) is 2.29. The molecule has 0 saturated heterocycles. The Kier molecular flexibility index (Phi) is 4.75. The lowest BCUT2D eigenvalue weighted by molar-refractivity contribution is 0.328. The van der Waals surface area contributed by atoms with Crippen molar-refractivity contribution in [3.63, 3.8) is 0 Å². The third-order valence-electron chi connectivity index (χ3n) is 5.39. The van der Waals surface area contributed by atoms with Gasteiger partial charge in [0.1, 0.15) is 5.82 Å². The van der Waals surface area contributed by atoms with Crippen LogP contribution in [0.25, 0.3) is 11.1 Å². The molecule has 0 aliphatic carbocycles. The Balaban J connectivity index is 1.78. The van der Waals surface area contributed by atoms with Gasteiger partial charge < -0.3 is 4.90 Å². The number of hydrogen-bond acceptors (Lipinski definition) is 2. The molecular formula is C24H21FN2. The van der Waals surface area contributed by atoms with Gasteiger partial charge in [-0.3, -0.25) is 0 Å². The fraction of sp³-hybridized carbons (Fsp3) is 0.208. The maximum absolute atomic E-state index is 14.5. The molecule has 134 valence electrons. The van der Waals surface area contributed by atoms with E-state index in [4.69, 9.17) is 5.26 Å². The molecule has 0 amide bonds. The van der Waals surface area contributed by atoms with Gasteiger partial charge in [0.15, 0.2) is 0 Å². The second-order valence-electron chi connectivity index (χ2n) is 7.20. The summed E-state index contributed by atoms with van der Waals surface area (Å²) in [6, 6.07) is 23.4. The van der Waals surface area contributed by atoms with Crippen molar-refractivity contribution in [2.75, 3.05) is 13.6 Å². The van der Waals surface area contributed by atoms with Gasteiger partial charge >= 0.3 is 0 Å². The topological polar surface area (TPSA) is 27.0 Å². The van der Waals surface area contributed by atoms with Crippen LogP contribution in [0.5, 0.6) is 0 Å². The van der Waals surface area contributed by atoms with E-state index in [2.05, 4.69) is 36.2 Å². The first-order valence-electron chi connectivity index (χ1n) is 9.22. The van der Waals surface area contributed by atoms with E-state index >= 15 is 0 Å². The first kappa shape index (κ1) is 17.5. The van der Waals surface area contributed by atoms with Crippen molar-refractivity contribution >= 4 is 0 Å². The quantitative estimate of drug-likeness (QED) is 0.620. The molecule has 0 radical (unpaired) electrons. The zero-order valence-electron chi connectivity index (χ0n) is 15.3. The predicted octanol–water partition coefficient (Wildman–Crippen LogP) is 5.33. The van der Waals surface area contributed by atoms with E-state index in [1.807, 2.05) is 36.4 Å². The molecule has 3 heteroatoms. The molecule has 3 aromatic rings. The molecule has 0 saturated carbocycles. The lowest BCUT2D eigenvalue weighted by atomic mass is 9.85. The lowest BCUT2D eigenvalue weighted by Gasteiger charge is -2.19. The van der Waals surface area contributed by atoms with E-state index in [0.29, 0.717) is 5.56 Å². The van der Waals surface area contributed by atoms with Crippen molar-refractivity contribution in [1.82, 2.24) is 4.90 Å². The van der Waals surface area contributed by atoms with Crippen molar-refractivity contribution in [1.29, 1.82) is 5.26 Å². The van der Waals surface area contributed by atoms with Crippen LogP contribution >= 0.6 is 0 Å². The van der Waals surface area contributed by atoms with Crippen molar-refractivity contribution < 1.29 is 4.39 Å². The molecule has 0 N–H and O–H groups in total. The standard InChI is InChI=1S/C24H21FN2/c1-27-13-12-22(23-4-2-3-5-24(23)25)21-11-10-19(14-20(21)16-27)18-8-6-17(15-26)7-9-18/h2-11,14,22H,12-13,16H2,1H3. The van der Waals surface area contributed by atoms with E-state index in [0.717, 1.165) is 36.2 Å². The Hall–Kier alpha value is -2.96. The van der Waals surface area contributed by atoms with Gasteiger partial charge in [-0.2, -0.15) is 5.26 Å². The van der Waals surface area contributed by atoms with Gasteiger partial charge in [0.2, 0.25) is 0 Å². The van der Waals surface area contributed by atoms with Gasteiger partial charge in [-0.05, 0) is 72.1 Å². The number of hydrogen-bond donors (Lipinski definition) is 0. The van der Waals surface area contributed by atoms with E-state index in [1.165, 1.54) is 11.1 Å². The Morgan fingerprint density at radius 2 is 1.70 bits per heavy atom. The van der Waals surface area contributed by atoms with Gasteiger partial charge in [0.05, 0.1) is 11.6 Å². The number of rotatable bonds is 2. The van der Waals surface area contributed by atoms with Gasteiger partial charge in [-0.1, -0.05) is 42.5 Å². The van der Waals surface area contributed by atoms with Gasteiger partial charge in [-0.15, -0.1) is 0 Å². The van der Waals surface area contributed by atoms with Crippen LogP contribution in [0.1, 0.15) is 34.6 Å². The van der Waals surface area contributed by atoms with Crippen LogP contribution in [0.2, 0.25) is 0 Å². The van der Waals surface area contributed by atoms with Gasteiger partial charge in [0.25, 0.3) is 0 Å². The van der Waals surface area contributed by atoms with Crippen molar-refractivity contribution in [3.05, 3.63) is 94.8 Å². The monoisotopic (exact) mass is 356 g/mol. The maximum atomic E-state index is 14.5. The molecule has 0 aromatic heterocycles. The Morgan fingerprint density at radius 3 is 2.44 bits per heavy atom. The highest BCUT2D eigenvalue weighted by Crippen LogP contribution is 2.36. The minimum absolute atomic E-state index is 0.0705. The summed E-state index contributed by atoms with van der Waals surface area (Å²) in [7, 11) is 2.11. The largest absolute Gasteiger partial charge is 0.302 e. The number of benzene rings is 3. The first-order valence-corrected chi connectivity index (χ1v) is 9.22. The second kappa shape index (κ2) is 7.34. The number of nitriles is 1. The summed E-state index contributed by atoms with van der Waals surface area (Å²) in [5.74, 6) is -0.0599. The molecule has 1 aliphatic rings. The summed E-state index contributed by atoms with van der Waals surface area (Å²) < 4.78 is 14.5. The van der Waals surface area contributed by atoms with Crippen LogP contribution in [0.4, 0.5) is 4.39 Å².